The molecule has 1 amide bonds. The van der Waals surface area contributed by atoms with Gasteiger partial charge in [0, 0.05) is 30.8 Å². The molecule has 0 aliphatic heterocycles. The Morgan fingerprint density at radius 3 is 2.20 bits per heavy atom. The van der Waals surface area contributed by atoms with E-state index in [-0.39, 0.29) is 12.2 Å². The minimum absolute atomic E-state index is 0.0176. The number of carboxylic acid groups (broad SMARTS) is 1. The lowest BCUT2D eigenvalue weighted by Crippen LogP contribution is -2.58. The number of hydrogen-bond donors (Lipinski definition) is 3. The number of amides is 1. The normalized spacial score (nSPS) is 13.5. The van der Waals surface area contributed by atoms with Crippen molar-refractivity contribution in [1.29, 1.82) is 0 Å². The largest absolute Gasteiger partial charge is 0.465 e. The van der Waals surface area contributed by atoms with Gasteiger partial charge in [-0.25, -0.2) is 4.79 Å². The predicted octanol–water partition coefficient (Wildman–Crippen LogP) is 3.44. The van der Waals surface area contributed by atoms with E-state index in [1.54, 1.807) is 32.9 Å². The second kappa shape index (κ2) is 10.2. The fourth-order valence-electron chi connectivity index (χ4n) is 3.42. The van der Waals surface area contributed by atoms with Gasteiger partial charge < -0.3 is 15.5 Å². The van der Waals surface area contributed by atoms with E-state index in [2.05, 4.69) is 5.32 Å². The van der Waals surface area contributed by atoms with E-state index in [4.69, 9.17) is 0 Å². The molecule has 0 saturated carbocycles. The van der Waals surface area contributed by atoms with Gasteiger partial charge in [0.1, 0.15) is 0 Å². The molecular weight excluding hydrogens is 386 g/mol. The fourth-order valence-corrected chi connectivity index (χ4v) is 3.42. The highest BCUT2D eigenvalue weighted by atomic mass is 16.6. The summed E-state index contributed by atoms with van der Waals surface area (Å²) in [6.07, 6.45) is -1.65. The van der Waals surface area contributed by atoms with Crippen LogP contribution in [0.4, 0.5) is 10.5 Å². The van der Waals surface area contributed by atoms with Gasteiger partial charge in [0.15, 0.2) is 0 Å². The number of hydrogen-bond acceptors (Lipinski definition) is 5. The molecule has 0 heterocycles. The first kappa shape index (κ1) is 23.3. The van der Waals surface area contributed by atoms with E-state index < -0.39 is 28.7 Å². The third kappa shape index (κ3) is 6.53. The summed E-state index contributed by atoms with van der Waals surface area (Å²) in [5.74, 6) is 0. The molecule has 2 aromatic carbocycles. The average Bonchev–Trinajstić information content (AvgIpc) is 2.67. The molecule has 2 rings (SSSR count). The summed E-state index contributed by atoms with van der Waals surface area (Å²) >= 11 is 0. The SMILES string of the molecule is CC(C)(C)N(C(=O)O)[C@@H](Cc1ccccc1)[C@H](O)CNCc1ccc([N+](=O)[O-])cc1. The van der Waals surface area contributed by atoms with Crippen molar-refractivity contribution >= 4 is 11.8 Å². The van der Waals surface area contributed by atoms with Crippen molar-refractivity contribution < 1.29 is 19.9 Å². The van der Waals surface area contributed by atoms with Gasteiger partial charge in [0.05, 0.1) is 17.1 Å². The van der Waals surface area contributed by atoms with Crippen LogP contribution in [0, 0.1) is 10.1 Å². The van der Waals surface area contributed by atoms with Gasteiger partial charge in [0.25, 0.3) is 5.69 Å². The van der Waals surface area contributed by atoms with Crippen LogP contribution < -0.4 is 5.32 Å². The van der Waals surface area contributed by atoms with E-state index in [0.29, 0.717) is 13.0 Å². The van der Waals surface area contributed by atoms with Gasteiger partial charge >= 0.3 is 6.09 Å². The summed E-state index contributed by atoms with van der Waals surface area (Å²) in [6.45, 7) is 5.98. The first-order valence-corrected chi connectivity index (χ1v) is 9.78. The highest BCUT2D eigenvalue weighted by Gasteiger charge is 2.37. The molecule has 0 aliphatic rings. The minimum atomic E-state index is -1.09. The fraction of sp³-hybridized carbons (Fsp3) is 0.409. The maximum Gasteiger partial charge on any atom is 0.408 e. The highest BCUT2D eigenvalue weighted by Crippen LogP contribution is 2.23. The Kier molecular flexibility index (Phi) is 7.91. The molecule has 162 valence electrons. The summed E-state index contributed by atoms with van der Waals surface area (Å²) < 4.78 is 0. The van der Waals surface area contributed by atoms with Crippen LogP contribution in [0.15, 0.2) is 54.6 Å². The third-order valence-electron chi connectivity index (χ3n) is 4.82. The molecule has 0 bridgehead atoms. The molecule has 8 nitrogen and oxygen atoms in total. The lowest BCUT2D eigenvalue weighted by atomic mass is 9.94. The summed E-state index contributed by atoms with van der Waals surface area (Å²) in [5.41, 5.74) is 1.10. The second-order valence-corrected chi connectivity index (χ2v) is 8.20. The number of benzene rings is 2. The second-order valence-electron chi connectivity index (χ2n) is 8.20. The lowest BCUT2D eigenvalue weighted by molar-refractivity contribution is -0.384. The first-order valence-electron chi connectivity index (χ1n) is 9.78. The molecule has 0 aliphatic carbocycles. The number of aliphatic hydroxyl groups excluding tert-OH is 1. The minimum Gasteiger partial charge on any atom is -0.465 e. The van der Waals surface area contributed by atoms with Crippen LogP contribution in [-0.4, -0.2) is 50.4 Å². The van der Waals surface area contributed by atoms with Gasteiger partial charge in [-0.2, -0.15) is 0 Å². The number of nitrogens with zero attached hydrogens (tertiary/aromatic N) is 2. The standard InChI is InChI=1S/C22H29N3O5/c1-22(2,3)24(21(27)28)19(13-16-7-5-4-6-8-16)20(26)15-23-14-17-9-11-18(12-10-17)25(29)30/h4-12,19-20,23,26H,13-15H2,1-3H3,(H,27,28)/t19-,20+/m0/s1. The molecule has 0 fully saturated rings. The first-order chi connectivity index (χ1) is 14.1. The van der Waals surface area contributed by atoms with Gasteiger partial charge in [-0.15, -0.1) is 0 Å². The maximum absolute atomic E-state index is 12.0. The Balaban J connectivity index is 2.10. The van der Waals surface area contributed by atoms with Crippen molar-refractivity contribution in [2.75, 3.05) is 6.54 Å². The highest BCUT2D eigenvalue weighted by molar-refractivity contribution is 5.66. The van der Waals surface area contributed by atoms with Crippen LogP contribution in [-0.2, 0) is 13.0 Å². The quantitative estimate of drug-likeness (QED) is 0.427. The number of nitro groups is 1. The van der Waals surface area contributed by atoms with Crippen molar-refractivity contribution in [3.63, 3.8) is 0 Å². The van der Waals surface area contributed by atoms with Crippen molar-refractivity contribution in [3.8, 4) is 0 Å². The molecule has 3 N–H and O–H groups in total. The molecule has 2 aromatic rings. The van der Waals surface area contributed by atoms with Crippen LogP contribution in [0.5, 0.6) is 0 Å². The number of aliphatic hydroxyl groups is 1. The zero-order valence-corrected chi connectivity index (χ0v) is 17.5. The topological polar surface area (TPSA) is 116 Å². The zero-order chi connectivity index (χ0) is 22.3. The predicted molar refractivity (Wildman–Crippen MR) is 114 cm³/mol. The number of nitrogens with one attached hydrogen (secondary N) is 1. The van der Waals surface area contributed by atoms with E-state index in [0.717, 1.165) is 11.1 Å². The van der Waals surface area contributed by atoms with E-state index in [1.807, 2.05) is 30.3 Å². The van der Waals surface area contributed by atoms with Gasteiger partial charge in [0.2, 0.25) is 0 Å². The van der Waals surface area contributed by atoms with Crippen LogP contribution in [0.1, 0.15) is 31.9 Å². The molecule has 0 radical (unpaired) electrons. The number of rotatable bonds is 9. The van der Waals surface area contributed by atoms with Crippen molar-refractivity contribution in [2.45, 2.75) is 51.4 Å². The lowest BCUT2D eigenvalue weighted by Gasteiger charge is -2.42. The molecule has 8 heteroatoms. The summed E-state index contributed by atoms with van der Waals surface area (Å²) in [4.78, 5) is 23.6. The summed E-state index contributed by atoms with van der Waals surface area (Å²) in [6, 6.07) is 15.0. The summed E-state index contributed by atoms with van der Waals surface area (Å²) in [7, 11) is 0. The van der Waals surface area contributed by atoms with Gasteiger partial charge in [-0.1, -0.05) is 42.5 Å². The van der Waals surface area contributed by atoms with Crippen molar-refractivity contribution in [1.82, 2.24) is 10.2 Å². The Morgan fingerprint density at radius 1 is 1.10 bits per heavy atom. The Morgan fingerprint density at radius 2 is 1.70 bits per heavy atom. The van der Waals surface area contributed by atoms with Crippen LogP contribution >= 0.6 is 0 Å². The smallest absolute Gasteiger partial charge is 0.408 e. The Bertz CT molecular complexity index is 834. The number of nitro benzene ring substituents is 1. The van der Waals surface area contributed by atoms with Gasteiger partial charge in [-0.3, -0.25) is 15.0 Å². The molecule has 30 heavy (non-hydrogen) atoms. The van der Waals surface area contributed by atoms with Crippen molar-refractivity contribution in [3.05, 3.63) is 75.8 Å². The maximum atomic E-state index is 12.0. The molecule has 2 atom stereocenters. The van der Waals surface area contributed by atoms with E-state index in [1.165, 1.54) is 17.0 Å². The van der Waals surface area contributed by atoms with Crippen LogP contribution in [0.25, 0.3) is 0 Å². The monoisotopic (exact) mass is 415 g/mol. The molecule has 0 aromatic heterocycles. The molecular formula is C22H29N3O5. The number of non-ortho nitro benzene ring substituents is 1. The van der Waals surface area contributed by atoms with Gasteiger partial charge in [-0.05, 0) is 38.3 Å². The van der Waals surface area contributed by atoms with Crippen molar-refractivity contribution in [2.24, 2.45) is 0 Å². The average molecular weight is 415 g/mol. The Hall–Kier alpha value is -2.97. The Labute approximate surface area is 176 Å². The zero-order valence-electron chi connectivity index (χ0n) is 17.5. The molecule has 0 spiro atoms. The molecule has 0 unspecified atom stereocenters. The third-order valence-corrected chi connectivity index (χ3v) is 4.82. The summed E-state index contributed by atoms with van der Waals surface area (Å²) in [5, 5.41) is 34.6. The van der Waals surface area contributed by atoms with Crippen LogP contribution in [0.2, 0.25) is 0 Å². The van der Waals surface area contributed by atoms with E-state index >= 15 is 0 Å². The number of carbonyl (C=O) groups is 1. The van der Waals surface area contributed by atoms with Crippen LogP contribution in [0.3, 0.4) is 0 Å². The van der Waals surface area contributed by atoms with E-state index in [9.17, 15) is 25.1 Å². The molecule has 0 saturated heterocycles.